The lowest BCUT2D eigenvalue weighted by molar-refractivity contribution is -0.132. The number of hydrogen-bond acceptors (Lipinski definition) is 3. The maximum Gasteiger partial charge on any atom is 0.329 e. The van der Waals surface area contributed by atoms with Gasteiger partial charge >= 0.3 is 5.69 Å². The summed E-state index contributed by atoms with van der Waals surface area (Å²) in [5.74, 6) is 0.701. The number of carbonyl (C=O) groups is 1. The van der Waals surface area contributed by atoms with E-state index in [-0.39, 0.29) is 18.1 Å². The van der Waals surface area contributed by atoms with Crippen LogP contribution >= 0.6 is 0 Å². The van der Waals surface area contributed by atoms with Crippen LogP contribution in [0.25, 0.3) is 11.0 Å². The Hall–Kier alpha value is -3.02. The lowest BCUT2D eigenvalue weighted by Crippen LogP contribution is -2.36. The monoisotopic (exact) mass is 353 g/mol. The molecule has 0 bridgehead atoms. The highest BCUT2D eigenvalue weighted by Gasteiger charge is 2.17. The Morgan fingerprint density at radius 3 is 2.35 bits per heavy atom. The standard InChI is InChI=1S/C20H23N3O3/c1-4-22(13-15-9-11-16(26-3)12-10-15)19(24)14-23-18-8-6-5-7-17(18)21(2)20(23)25/h5-12H,4,13-14H2,1-3H3. The van der Waals surface area contributed by atoms with Gasteiger partial charge in [0, 0.05) is 20.1 Å². The highest BCUT2D eigenvalue weighted by atomic mass is 16.5. The van der Waals surface area contributed by atoms with E-state index in [2.05, 4.69) is 0 Å². The molecule has 0 fully saturated rings. The minimum Gasteiger partial charge on any atom is -0.497 e. The number of rotatable bonds is 6. The van der Waals surface area contributed by atoms with Crippen LogP contribution in [0.3, 0.4) is 0 Å². The summed E-state index contributed by atoms with van der Waals surface area (Å²) >= 11 is 0. The first kappa shape index (κ1) is 17.8. The van der Waals surface area contributed by atoms with E-state index in [1.807, 2.05) is 55.5 Å². The number of hydrogen-bond donors (Lipinski definition) is 0. The van der Waals surface area contributed by atoms with Gasteiger partial charge in [0.2, 0.25) is 5.91 Å². The van der Waals surface area contributed by atoms with Crippen molar-refractivity contribution in [3.8, 4) is 5.75 Å². The van der Waals surface area contributed by atoms with E-state index in [0.717, 1.165) is 22.3 Å². The molecule has 1 amide bonds. The fourth-order valence-corrected chi connectivity index (χ4v) is 3.08. The number of benzene rings is 2. The maximum absolute atomic E-state index is 12.8. The highest BCUT2D eigenvalue weighted by molar-refractivity contribution is 5.81. The molecule has 6 nitrogen and oxygen atoms in total. The minimum absolute atomic E-state index is 0.0319. The number of ether oxygens (including phenoxy) is 1. The Kier molecular flexibility index (Phi) is 5.11. The number of para-hydroxylation sites is 2. The number of imidazole rings is 1. The van der Waals surface area contributed by atoms with Crippen molar-refractivity contribution in [1.29, 1.82) is 0 Å². The zero-order valence-corrected chi connectivity index (χ0v) is 15.3. The average Bonchev–Trinajstić information content (AvgIpc) is 2.91. The summed E-state index contributed by atoms with van der Waals surface area (Å²) in [6.07, 6.45) is 0. The molecule has 0 aliphatic carbocycles. The summed E-state index contributed by atoms with van der Waals surface area (Å²) in [5, 5.41) is 0. The number of aromatic nitrogens is 2. The quantitative estimate of drug-likeness (QED) is 0.684. The van der Waals surface area contributed by atoms with Gasteiger partial charge in [-0.1, -0.05) is 24.3 Å². The molecule has 0 aliphatic rings. The molecule has 0 N–H and O–H groups in total. The van der Waals surface area contributed by atoms with Crippen LogP contribution in [0.4, 0.5) is 0 Å². The number of nitrogens with zero attached hydrogens (tertiary/aromatic N) is 3. The van der Waals surface area contributed by atoms with Gasteiger partial charge in [0.1, 0.15) is 12.3 Å². The topological polar surface area (TPSA) is 56.5 Å². The first-order chi connectivity index (χ1) is 12.5. The summed E-state index contributed by atoms with van der Waals surface area (Å²) in [4.78, 5) is 27.1. The predicted molar refractivity (Wildman–Crippen MR) is 101 cm³/mol. The average molecular weight is 353 g/mol. The van der Waals surface area contributed by atoms with Crippen LogP contribution in [-0.4, -0.2) is 33.6 Å². The van der Waals surface area contributed by atoms with Crippen molar-refractivity contribution in [2.45, 2.75) is 20.0 Å². The lowest BCUT2D eigenvalue weighted by atomic mass is 10.2. The van der Waals surface area contributed by atoms with Crippen LogP contribution in [-0.2, 0) is 24.9 Å². The van der Waals surface area contributed by atoms with Crippen LogP contribution < -0.4 is 10.4 Å². The SMILES string of the molecule is CCN(Cc1ccc(OC)cc1)C(=O)Cn1c(=O)n(C)c2ccccc21. The van der Waals surface area contributed by atoms with Gasteiger partial charge in [0.25, 0.3) is 0 Å². The third-order valence-corrected chi connectivity index (χ3v) is 4.61. The molecular formula is C20H23N3O3. The highest BCUT2D eigenvalue weighted by Crippen LogP contribution is 2.15. The van der Waals surface area contributed by atoms with Gasteiger partial charge in [-0.3, -0.25) is 13.9 Å². The molecule has 3 rings (SSSR count). The molecule has 0 saturated carbocycles. The second kappa shape index (κ2) is 7.47. The Morgan fingerprint density at radius 1 is 1.08 bits per heavy atom. The van der Waals surface area contributed by atoms with E-state index in [1.165, 1.54) is 4.57 Å². The molecule has 3 aromatic rings. The molecule has 1 aromatic heterocycles. The Balaban J connectivity index is 1.81. The number of likely N-dealkylation sites (N-methyl/N-ethyl adjacent to an activating group) is 1. The van der Waals surface area contributed by atoms with E-state index in [4.69, 9.17) is 4.74 Å². The van der Waals surface area contributed by atoms with Crippen LogP contribution in [0.1, 0.15) is 12.5 Å². The first-order valence-electron chi connectivity index (χ1n) is 8.60. The van der Waals surface area contributed by atoms with Gasteiger partial charge in [-0.25, -0.2) is 4.79 Å². The third kappa shape index (κ3) is 3.35. The van der Waals surface area contributed by atoms with Gasteiger partial charge in [-0.05, 0) is 36.8 Å². The smallest absolute Gasteiger partial charge is 0.329 e. The van der Waals surface area contributed by atoms with E-state index in [0.29, 0.717) is 13.1 Å². The lowest BCUT2D eigenvalue weighted by Gasteiger charge is -2.21. The van der Waals surface area contributed by atoms with Gasteiger partial charge < -0.3 is 9.64 Å². The molecule has 0 aliphatic heterocycles. The fourth-order valence-electron chi connectivity index (χ4n) is 3.08. The van der Waals surface area contributed by atoms with Crippen LogP contribution in [0.15, 0.2) is 53.3 Å². The molecule has 1 heterocycles. The predicted octanol–water partition coefficient (Wildman–Crippen LogP) is 2.40. The van der Waals surface area contributed by atoms with E-state index in [1.54, 1.807) is 23.6 Å². The van der Waals surface area contributed by atoms with Crippen LogP contribution in [0.2, 0.25) is 0 Å². The number of fused-ring (bicyclic) bond motifs is 1. The summed E-state index contributed by atoms with van der Waals surface area (Å²) < 4.78 is 8.27. The summed E-state index contributed by atoms with van der Waals surface area (Å²) in [7, 11) is 3.35. The van der Waals surface area contributed by atoms with Gasteiger partial charge in [0.05, 0.1) is 18.1 Å². The Morgan fingerprint density at radius 2 is 1.73 bits per heavy atom. The van der Waals surface area contributed by atoms with Crippen LogP contribution in [0.5, 0.6) is 5.75 Å². The minimum atomic E-state index is -0.181. The summed E-state index contributed by atoms with van der Waals surface area (Å²) in [6, 6.07) is 15.1. The molecule has 136 valence electrons. The van der Waals surface area contributed by atoms with Crippen molar-refractivity contribution >= 4 is 16.9 Å². The summed E-state index contributed by atoms with van der Waals surface area (Å²) in [5.41, 5.74) is 2.43. The van der Waals surface area contributed by atoms with E-state index < -0.39 is 0 Å². The first-order valence-corrected chi connectivity index (χ1v) is 8.60. The molecule has 0 saturated heterocycles. The third-order valence-electron chi connectivity index (χ3n) is 4.61. The zero-order chi connectivity index (χ0) is 18.7. The molecule has 6 heteroatoms. The maximum atomic E-state index is 12.8. The number of amides is 1. The normalized spacial score (nSPS) is 10.9. The summed E-state index contributed by atoms with van der Waals surface area (Å²) in [6.45, 7) is 3.04. The van der Waals surface area contributed by atoms with Crippen molar-refractivity contribution in [3.63, 3.8) is 0 Å². The Bertz CT molecular complexity index is 970. The van der Waals surface area contributed by atoms with Gasteiger partial charge in [-0.2, -0.15) is 0 Å². The van der Waals surface area contributed by atoms with Gasteiger partial charge in [0.15, 0.2) is 0 Å². The van der Waals surface area contributed by atoms with Crippen molar-refractivity contribution < 1.29 is 9.53 Å². The van der Waals surface area contributed by atoms with E-state index in [9.17, 15) is 9.59 Å². The zero-order valence-electron chi connectivity index (χ0n) is 15.3. The van der Waals surface area contributed by atoms with Crippen molar-refractivity contribution in [2.75, 3.05) is 13.7 Å². The molecule has 2 aromatic carbocycles. The molecule has 0 unspecified atom stereocenters. The Labute approximate surface area is 152 Å². The number of methoxy groups -OCH3 is 1. The van der Waals surface area contributed by atoms with Crippen molar-refractivity contribution in [2.24, 2.45) is 7.05 Å². The second-order valence-corrected chi connectivity index (χ2v) is 6.17. The molecule has 0 radical (unpaired) electrons. The molecule has 26 heavy (non-hydrogen) atoms. The van der Waals surface area contributed by atoms with Crippen molar-refractivity contribution in [3.05, 3.63) is 64.6 Å². The largest absolute Gasteiger partial charge is 0.497 e. The second-order valence-electron chi connectivity index (χ2n) is 6.17. The molecular weight excluding hydrogens is 330 g/mol. The fraction of sp³-hybridized carbons (Fsp3) is 0.300. The molecule has 0 spiro atoms. The molecule has 0 atom stereocenters. The van der Waals surface area contributed by atoms with Crippen molar-refractivity contribution in [1.82, 2.24) is 14.0 Å². The number of aryl methyl sites for hydroxylation is 1. The van der Waals surface area contributed by atoms with E-state index >= 15 is 0 Å². The van der Waals surface area contributed by atoms with Gasteiger partial charge in [-0.15, -0.1) is 0 Å². The number of carbonyl (C=O) groups excluding carboxylic acids is 1. The van der Waals surface area contributed by atoms with Crippen LogP contribution in [0, 0.1) is 0 Å².